The SMILES string of the molecule is CCOc1ccc(NC(=O)c2cc(Cl)nnc2Cl)c(C)c1. The average molecular weight is 326 g/mol. The Morgan fingerprint density at radius 2 is 2.05 bits per heavy atom. The van der Waals surface area contributed by atoms with E-state index in [1.54, 1.807) is 12.1 Å². The summed E-state index contributed by atoms with van der Waals surface area (Å²) in [6.07, 6.45) is 0. The summed E-state index contributed by atoms with van der Waals surface area (Å²) in [4.78, 5) is 12.2. The van der Waals surface area contributed by atoms with Gasteiger partial charge in [0.05, 0.1) is 12.2 Å². The van der Waals surface area contributed by atoms with Gasteiger partial charge in [0.25, 0.3) is 5.91 Å². The Labute approximate surface area is 132 Å². The van der Waals surface area contributed by atoms with Gasteiger partial charge in [0.2, 0.25) is 0 Å². The second-order valence-electron chi connectivity index (χ2n) is 4.24. The third-order valence-corrected chi connectivity index (χ3v) is 3.18. The van der Waals surface area contributed by atoms with Crippen LogP contribution in [0.5, 0.6) is 5.75 Å². The summed E-state index contributed by atoms with van der Waals surface area (Å²) in [6, 6.07) is 6.77. The van der Waals surface area contributed by atoms with E-state index in [1.165, 1.54) is 6.07 Å². The van der Waals surface area contributed by atoms with Gasteiger partial charge in [0, 0.05) is 5.69 Å². The van der Waals surface area contributed by atoms with Gasteiger partial charge in [-0.05, 0) is 43.7 Å². The minimum Gasteiger partial charge on any atom is -0.494 e. The molecule has 0 spiro atoms. The minimum absolute atomic E-state index is 0.000453. The number of amides is 1. The molecule has 1 amide bonds. The molecule has 1 N–H and O–H groups in total. The summed E-state index contributed by atoms with van der Waals surface area (Å²) < 4.78 is 5.40. The van der Waals surface area contributed by atoms with E-state index in [4.69, 9.17) is 27.9 Å². The number of carbonyl (C=O) groups is 1. The first-order valence-corrected chi connectivity index (χ1v) is 7.00. The molecular weight excluding hydrogens is 313 g/mol. The molecule has 7 heteroatoms. The van der Waals surface area contributed by atoms with Crippen LogP contribution in [-0.2, 0) is 0 Å². The standard InChI is InChI=1S/C14H13Cl2N3O2/c1-3-21-9-4-5-11(8(2)6-9)17-14(20)10-7-12(15)18-19-13(10)16/h4-7H,3H2,1-2H3,(H,17,20). The van der Waals surface area contributed by atoms with Crippen molar-refractivity contribution in [1.82, 2.24) is 10.2 Å². The number of hydrogen-bond acceptors (Lipinski definition) is 4. The van der Waals surface area contributed by atoms with E-state index in [-0.39, 0.29) is 15.9 Å². The number of nitrogens with zero attached hydrogens (tertiary/aromatic N) is 2. The number of rotatable bonds is 4. The van der Waals surface area contributed by atoms with Gasteiger partial charge < -0.3 is 10.1 Å². The maximum absolute atomic E-state index is 12.2. The Kier molecular flexibility index (Phi) is 4.98. The van der Waals surface area contributed by atoms with Crippen LogP contribution < -0.4 is 10.1 Å². The van der Waals surface area contributed by atoms with Crippen LogP contribution in [0.2, 0.25) is 10.3 Å². The fraction of sp³-hybridized carbons (Fsp3) is 0.214. The van der Waals surface area contributed by atoms with Crippen molar-refractivity contribution in [2.24, 2.45) is 0 Å². The molecule has 1 aromatic heterocycles. The number of ether oxygens (including phenoxy) is 1. The van der Waals surface area contributed by atoms with Crippen LogP contribution in [0, 0.1) is 6.92 Å². The van der Waals surface area contributed by atoms with Gasteiger partial charge >= 0.3 is 0 Å². The molecule has 0 atom stereocenters. The van der Waals surface area contributed by atoms with E-state index in [9.17, 15) is 4.79 Å². The van der Waals surface area contributed by atoms with Crippen molar-refractivity contribution >= 4 is 34.8 Å². The van der Waals surface area contributed by atoms with Crippen molar-refractivity contribution in [1.29, 1.82) is 0 Å². The van der Waals surface area contributed by atoms with Crippen LogP contribution in [0.4, 0.5) is 5.69 Å². The highest BCUT2D eigenvalue weighted by Gasteiger charge is 2.14. The lowest BCUT2D eigenvalue weighted by atomic mass is 10.2. The lowest BCUT2D eigenvalue weighted by Crippen LogP contribution is -2.14. The number of halogens is 2. The fourth-order valence-electron chi connectivity index (χ4n) is 1.73. The number of nitrogens with one attached hydrogen (secondary N) is 1. The summed E-state index contributed by atoms with van der Waals surface area (Å²) >= 11 is 11.6. The van der Waals surface area contributed by atoms with Crippen LogP contribution in [0.1, 0.15) is 22.8 Å². The third kappa shape index (κ3) is 3.83. The summed E-state index contributed by atoms with van der Waals surface area (Å²) in [5, 5.41) is 10.0. The normalized spacial score (nSPS) is 10.3. The maximum Gasteiger partial charge on any atom is 0.258 e. The number of benzene rings is 1. The van der Waals surface area contributed by atoms with Crippen LogP contribution in [0.3, 0.4) is 0 Å². The summed E-state index contributed by atoms with van der Waals surface area (Å²) in [6.45, 7) is 4.37. The quantitative estimate of drug-likeness (QED) is 0.929. The lowest BCUT2D eigenvalue weighted by molar-refractivity contribution is 0.102. The van der Waals surface area contributed by atoms with Gasteiger partial charge in [-0.3, -0.25) is 4.79 Å². The zero-order valence-corrected chi connectivity index (χ0v) is 13.0. The number of carbonyl (C=O) groups excluding carboxylic acids is 1. The highest BCUT2D eigenvalue weighted by Crippen LogP contribution is 2.23. The van der Waals surface area contributed by atoms with Crippen molar-refractivity contribution in [3.05, 3.63) is 45.7 Å². The maximum atomic E-state index is 12.2. The number of hydrogen-bond donors (Lipinski definition) is 1. The van der Waals surface area contributed by atoms with E-state index in [0.717, 1.165) is 11.3 Å². The zero-order valence-electron chi connectivity index (χ0n) is 11.5. The van der Waals surface area contributed by atoms with Crippen molar-refractivity contribution < 1.29 is 9.53 Å². The minimum atomic E-state index is -0.399. The Morgan fingerprint density at radius 1 is 1.29 bits per heavy atom. The molecule has 1 aromatic carbocycles. The molecule has 0 bridgehead atoms. The fourth-order valence-corrected chi connectivity index (χ4v) is 2.06. The molecule has 0 unspecified atom stereocenters. The van der Waals surface area contributed by atoms with Gasteiger partial charge in [0.15, 0.2) is 10.3 Å². The van der Waals surface area contributed by atoms with E-state index >= 15 is 0 Å². The van der Waals surface area contributed by atoms with E-state index in [1.807, 2.05) is 19.9 Å². The molecule has 0 saturated carbocycles. The Balaban J connectivity index is 2.21. The van der Waals surface area contributed by atoms with Gasteiger partial charge in [-0.2, -0.15) is 0 Å². The summed E-state index contributed by atoms with van der Waals surface area (Å²) in [5.41, 5.74) is 1.70. The molecule has 2 rings (SSSR count). The first-order chi connectivity index (χ1) is 10.0. The van der Waals surface area contributed by atoms with Crippen molar-refractivity contribution in [3.63, 3.8) is 0 Å². The topological polar surface area (TPSA) is 64.1 Å². The molecule has 21 heavy (non-hydrogen) atoms. The molecule has 0 saturated heterocycles. The zero-order chi connectivity index (χ0) is 15.4. The number of anilines is 1. The molecule has 110 valence electrons. The monoisotopic (exact) mass is 325 g/mol. The Morgan fingerprint density at radius 3 is 2.71 bits per heavy atom. The molecule has 0 aliphatic rings. The molecule has 5 nitrogen and oxygen atoms in total. The van der Waals surface area contributed by atoms with Crippen molar-refractivity contribution in [3.8, 4) is 5.75 Å². The third-order valence-electron chi connectivity index (χ3n) is 2.72. The molecular formula is C14H13Cl2N3O2. The molecule has 0 aliphatic heterocycles. The van der Waals surface area contributed by atoms with E-state index < -0.39 is 5.91 Å². The van der Waals surface area contributed by atoms with Crippen LogP contribution in [-0.4, -0.2) is 22.7 Å². The second-order valence-corrected chi connectivity index (χ2v) is 4.98. The number of aromatic nitrogens is 2. The van der Waals surface area contributed by atoms with Gasteiger partial charge in [0.1, 0.15) is 5.75 Å². The molecule has 1 heterocycles. The smallest absolute Gasteiger partial charge is 0.258 e. The predicted molar refractivity (Wildman–Crippen MR) is 82.4 cm³/mol. The second kappa shape index (κ2) is 6.74. The molecule has 0 fully saturated rings. The highest BCUT2D eigenvalue weighted by molar-refractivity contribution is 6.34. The molecule has 0 aliphatic carbocycles. The van der Waals surface area contributed by atoms with Crippen molar-refractivity contribution in [2.45, 2.75) is 13.8 Å². The lowest BCUT2D eigenvalue weighted by Gasteiger charge is -2.11. The average Bonchev–Trinajstić information content (AvgIpc) is 2.44. The largest absolute Gasteiger partial charge is 0.494 e. The van der Waals surface area contributed by atoms with Gasteiger partial charge in [-0.25, -0.2) is 0 Å². The summed E-state index contributed by atoms with van der Waals surface area (Å²) in [5.74, 6) is 0.351. The first-order valence-electron chi connectivity index (χ1n) is 6.24. The summed E-state index contributed by atoms with van der Waals surface area (Å²) in [7, 11) is 0. The van der Waals surface area contributed by atoms with Crippen LogP contribution in [0.15, 0.2) is 24.3 Å². The molecule has 2 aromatic rings. The van der Waals surface area contributed by atoms with Crippen LogP contribution in [0.25, 0.3) is 0 Å². The highest BCUT2D eigenvalue weighted by atomic mass is 35.5. The Bertz CT molecular complexity index is 677. The first kappa shape index (κ1) is 15.5. The number of aryl methyl sites for hydroxylation is 1. The Hall–Kier alpha value is -1.85. The molecule has 0 radical (unpaired) electrons. The van der Waals surface area contributed by atoms with E-state index in [0.29, 0.717) is 12.3 Å². The van der Waals surface area contributed by atoms with Gasteiger partial charge in [-0.1, -0.05) is 23.2 Å². The van der Waals surface area contributed by atoms with Crippen LogP contribution >= 0.6 is 23.2 Å². The van der Waals surface area contributed by atoms with E-state index in [2.05, 4.69) is 15.5 Å². The van der Waals surface area contributed by atoms with Gasteiger partial charge in [-0.15, -0.1) is 10.2 Å². The van der Waals surface area contributed by atoms with Crippen molar-refractivity contribution in [2.75, 3.05) is 11.9 Å². The predicted octanol–water partition coefficient (Wildman–Crippen LogP) is 3.74.